The summed E-state index contributed by atoms with van der Waals surface area (Å²) in [7, 11) is 0. The Morgan fingerprint density at radius 1 is 1.16 bits per heavy atom. The van der Waals surface area contributed by atoms with Gasteiger partial charge in [0.15, 0.2) is 11.0 Å². The molecule has 3 fully saturated rings. The predicted octanol–water partition coefficient (Wildman–Crippen LogP) is 4.04. The third kappa shape index (κ3) is 4.37. The zero-order valence-electron chi connectivity index (χ0n) is 19.5. The third-order valence-corrected chi connectivity index (χ3v) is 7.00. The number of halogens is 2. The Balaban J connectivity index is 0.00000119. The van der Waals surface area contributed by atoms with Crippen LogP contribution in [0.25, 0.3) is 10.9 Å². The molecule has 0 aromatic carbocycles. The van der Waals surface area contributed by atoms with E-state index in [9.17, 15) is 4.39 Å². The van der Waals surface area contributed by atoms with Crippen molar-refractivity contribution in [3.05, 3.63) is 17.2 Å². The Morgan fingerprint density at radius 3 is 2.47 bits per heavy atom. The molecule has 7 nitrogen and oxygen atoms in total. The lowest BCUT2D eigenvalue weighted by molar-refractivity contribution is 0.108. The summed E-state index contributed by atoms with van der Waals surface area (Å²) < 4.78 is 21.0. The summed E-state index contributed by atoms with van der Waals surface area (Å²) in [5.41, 5.74) is 0.242. The average Bonchev–Trinajstić information content (AvgIpc) is 3.36. The van der Waals surface area contributed by atoms with Gasteiger partial charge in [-0.15, -0.1) is 0 Å². The molecule has 2 aromatic rings. The second-order valence-electron chi connectivity index (χ2n) is 9.04. The second-order valence-corrected chi connectivity index (χ2v) is 9.39. The van der Waals surface area contributed by atoms with E-state index in [1.54, 1.807) is 6.20 Å². The van der Waals surface area contributed by atoms with Crippen LogP contribution in [0.15, 0.2) is 6.20 Å². The molecule has 176 valence electrons. The molecule has 0 amide bonds. The van der Waals surface area contributed by atoms with Gasteiger partial charge in [0.25, 0.3) is 0 Å². The number of fused-ring (bicyclic) bond motifs is 2. The van der Waals surface area contributed by atoms with E-state index >= 15 is 0 Å². The SMILES string of the molecule is CC.CC1CN(c2nc(OCC34CCCN3CCC4)nc3c(F)c(Cl)ncc23)CC(C)N1. The lowest BCUT2D eigenvalue weighted by Gasteiger charge is -2.37. The number of hydrogen-bond donors (Lipinski definition) is 1. The van der Waals surface area contributed by atoms with E-state index < -0.39 is 5.82 Å². The molecular weight excluding hydrogens is 431 g/mol. The number of ether oxygens (including phenoxy) is 1. The van der Waals surface area contributed by atoms with Crippen molar-refractivity contribution in [2.24, 2.45) is 0 Å². The number of rotatable bonds is 4. The van der Waals surface area contributed by atoms with Crippen molar-refractivity contribution in [2.45, 2.75) is 71.0 Å². The first-order chi connectivity index (χ1) is 15.4. The summed E-state index contributed by atoms with van der Waals surface area (Å²) in [6.07, 6.45) is 6.21. The van der Waals surface area contributed by atoms with Crippen LogP contribution < -0.4 is 15.0 Å². The molecular formula is C23H34ClFN6O. The standard InChI is InChI=1S/C21H28ClFN6O.C2H6/c1-13-10-28(11-14(2)25-13)19-15-9-24-18(22)16(23)17(15)26-20(27-19)30-12-21-5-3-7-29(21)8-4-6-21;1-2/h9,13-14,25H,3-8,10-12H2,1-2H3;1-2H3. The molecule has 1 N–H and O–H groups in total. The topological polar surface area (TPSA) is 66.4 Å². The van der Waals surface area contributed by atoms with E-state index in [-0.39, 0.29) is 34.3 Å². The van der Waals surface area contributed by atoms with Crippen molar-refractivity contribution < 1.29 is 9.13 Å². The lowest BCUT2D eigenvalue weighted by Crippen LogP contribution is -2.54. The van der Waals surface area contributed by atoms with Crippen LogP contribution in [-0.2, 0) is 0 Å². The number of nitrogens with one attached hydrogen (secondary N) is 1. The van der Waals surface area contributed by atoms with E-state index in [2.05, 4.69) is 38.9 Å². The van der Waals surface area contributed by atoms with E-state index in [0.29, 0.717) is 17.8 Å². The van der Waals surface area contributed by atoms with Gasteiger partial charge in [0.2, 0.25) is 0 Å². The Hall–Kier alpha value is -1.77. The minimum Gasteiger partial charge on any atom is -0.461 e. The highest BCUT2D eigenvalue weighted by atomic mass is 35.5. The van der Waals surface area contributed by atoms with Gasteiger partial charge in [-0.2, -0.15) is 9.97 Å². The van der Waals surface area contributed by atoms with Gasteiger partial charge in [-0.1, -0.05) is 25.4 Å². The first kappa shape index (κ1) is 23.4. The van der Waals surface area contributed by atoms with Gasteiger partial charge in [-0.3, -0.25) is 4.90 Å². The molecule has 2 atom stereocenters. The second kappa shape index (κ2) is 9.61. The molecule has 32 heavy (non-hydrogen) atoms. The van der Waals surface area contributed by atoms with Gasteiger partial charge < -0.3 is 15.0 Å². The molecule has 0 radical (unpaired) electrons. The van der Waals surface area contributed by atoms with Crippen molar-refractivity contribution in [2.75, 3.05) is 37.7 Å². The Labute approximate surface area is 194 Å². The smallest absolute Gasteiger partial charge is 0.319 e. The Kier molecular flexibility index (Phi) is 7.03. The molecule has 3 saturated heterocycles. The molecule has 0 spiro atoms. The summed E-state index contributed by atoms with van der Waals surface area (Å²) in [5, 5.41) is 3.89. The minimum atomic E-state index is -0.625. The van der Waals surface area contributed by atoms with Crippen molar-refractivity contribution in [1.29, 1.82) is 0 Å². The maximum atomic E-state index is 14.9. The molecule has 0 aliphatic carbocycles. The maximum Gasteiger partial charge on any atom is 0.319 e. The van der Waals surface area contributed by atoms with Gasteiger partial charge in [-0.25, -0.2) is 9.37 Å². The Morgan fingerprint density at radius 2 is 1.81 bits per heavy atom. The number of aromatic nitrogens is 3. The van der Waals surface area contributed by atoms with E-state index in [0.717, 1.165) is 39.0 Å². The molecule has 2 aromatic heterocycles. The highest BCUT2D eigenvalue weighted by Crippen LogP contribution is 2.39. The molecule has 3 aliphatic rings. The van der Waals surface area contributed by atoms with Crippen LogP contribution in [0.3, 0.4) is 0 Å². The highest BCUT2D eigenvalue weighted by molar-refractivity contribution is 6.30. The quantitative estimate of drug-likeness (QED) is 0.685. The van der Waals surface area contributed by atoms with Crippen LogP contribution in [0.4, 0.5) is 10.2 Å². The summed E-state index contributed by atoms with van der Waals surface area (Å²) in [4.78, 5) is 17.8. The first-order valence-corrected chi connectivity index (χ1v) is 12.2. The van der Waals surface area contributed by atoms with Crippen LogP contribution in [0, 0.1) is 5.82 Å². The van der Waals surface area contributed by atoms with Crippen LogP contribution in [0.5, 0.6) is 6.01 Å². The summed E-state index contributed by atoms with van der Waals surface area (Å²) in [6.45, 7) is 12.6. The van der Waals surface area contributed by atoms with E-state index in [1.807, 2.05) is 13.8 Å². The van der Waals surface area contributed by atoms with Gasteiger partial charge >= 0.3 is 6.01 Å². The first-order valence-electron chi connectivity index (χ1n) is 11.9. The molecule has 5 heterocycles. The van der Waals surface area contributed by atoms with Crippen molar-refractivity contribution in [3.63, 3.8) is 0 Å². The van der Waals surface area contributed by atoms with Gasteiger partial charge in [-0.05, 0) is 52.6 Å². The fourth-order valence-corrected chi connectivity index (χ4v) is 5.60. The number of piperazine rings is 1. The van der Waals surface area contributed by atoms with Crippen LogP contribution in [0.1, 0.15) is 53.4 Å². The van der Waals surface area contributed by atoms with Crippen LogP contribution in [0.2, 0.25) is 5.15 Å². The van der Waals surface area contributed by atoms with Crippen molar-refractivity contribution >= 4 is 28.3 Å². The highest BCUT2D eigenvalue weighted by Gasteiger charge is 2.45. The zero-order valence-corrected chi connectivity index (χ0v) is 20.3. The summed E-state index contributed by atoms with van der Waals surface area (Å²) in [5.74, 6) is 0.0332. The van der Waals surface area contributed by atoms with Crippen molar-refractivity contribution in [1.82, 2.24) is 25.2 Å². The Bertz CT molecular complexity index is 940. The number of anilines is 1. The summed E-state index contributed by atoms with van der Waals surface area (Å²) >= 11 is 5.96. The largest absolute Gasteiger partial charge is 0.461 e. The van der Waals surface area contributed by atoms with E-state index in [1.165, 1.54) is 12.8 Å². The third-order valence-electron chi connectivity index (χ3n) is 6.74. The predicted molar refractivity (Wildman–Crippen MR) is 126 cm³/mol. The molecule has 5 rings (SSSR count). The summed E-state index contributed by atoms with van der Waals surface area (Å²) in [6, 6.07) is 0.793. The molecule has 3 aliphatic heterocycles. The lowest BCUT2D eigenvalue weighted by atomic mass is 9.95. The zero-order chi connectivity index (χ0) is 22.9. The number of nitrogens with zero attached hydrogens (tertiary/aromatic N) is 5. The molecule has 0 bridgehead atoms. The molecule has 2 unspecified atom stereocenters. The van der Waals surface area contributed by atoms with Gasteiger partial charge in [0, 0.05) is 31.4 Å². The van der Waals surface area contributed by atoms with E-state index in [4.69, 9.17) is 21.3 Å². The van der Waals surface area contributed by atoms with Crippen LogP contribution in [-0.4, -0.2) is 70.3 Å². The van der Waals surface area contributed by atoms with Crippen molar-refractivity contribution in [3.8, 4) is 6.01 Å². The number of hydrogen-bond acceptors (Lipinski definition) is 7. The van der Waals surface area contributed by atoms with Crippen LogP contribution >= 0.6 is 11.6 Å². The van der Waals surface area contributed by atoms with Gasteiger partial charge in [0.1, 0.15) is 17.9 Å². The average molecular weight is 465 g/mol. The maximum absolute atomic E-state index is 14.9. The fourth-order valence-electron chi connectivity index (χ4n) is 5.46. The fraction of sp³-hybridized carbons (Fsp3) is 0.696. The molecule has 0 saturated carbocycles. The number of pyridine rings is 1. The normalized spacial score (nSPS) is 24.9. The monoisotopic (exact) mass is 464 g/mol. The minimum absolute atomic E-state index is 0.0744. The molecule has 9 heteroatoms. The van der Waals surface area contributed by atoms with Gasteiger partial charge in [0.05, 0.1) is 10.9 Å².